The van der Waals surface area contributed by atoms with E-state index in [-0.39, 0.29) is 5.97 Å². The highest BCUT2D eigenvalue weighted by Gasteiger charge is 2.22. The van der Waals surface area contributed by atoms with Gasteiger partial charge in [0.05, 0.1) is 25.4 Å². The van der Waals surface area contributed by atoms with E-state index in [9.17, 15) is 4.79 Å². The molecule has 0 aromatic heterocycles. The molecule has 0 saturated carbocycles. The zero-order valence-electron chi connectivity index (χ0n) is 9.44. The van der Waals surface area contributed by atoms with E-state index in [2.05, 4.69) is 15.9 Å². The highest BCUT2D eigenvalue weighted by atomic mass is 79.9. The maximum absolute atomic E-state index is 11.6. The van der Waals surface area contributed by atoms with E-state index in [0.29, 0.717) is 25.4 Å². The second-order valence-corrected chi connectivity index (χ2v) is 4.38. The molecule has 0 spiro atoms. The Labute approximate surface area is 108 Å². The summed E-state index contributed by atoms with van der Waals surface area (Å²) in [7, 11) is 0. The summed E-state index contributed by atoms with van der Waals surface area (Å²) >= 11 is 3.42. The van der Waals surface area contributed by atoms with Crippen LogP contribution in [0.2, 0.25) is 0 Å². The molecule has 0 unspecified atom stereocenters. The van der Waals surface area contributed by atoms with Crippen LogP contribution in [0.15, 0.2) is 22.7 Å². The van der Waals surface area contributed by atoms with Gasteiger partial charge in [0.2, 0.25) is 0 Å². The van der Waals surface area contributed by atoms with Gasteiger partial charge in [0.25, 0.3) is 0 Å². The Morgan fingerprint density at radius 3 is 2.82 bits per heavy atom. The fourth-order valence-electron chi connectivity index (χ4n) is 1.60. The lowest BCUT2D eigenvalue weighted by Gasteiger charge is -2.12. The van der Waals surface area contributed by atoms with Crippen LogP contribution < -0.4 is 0 Å². The van der Waals surface area contributed by atoms with Crippen LogP contribution in [0.4, 0.5) is 0 Å². The number of halogens is 1. The topological polar surface area (TPSA) is 44.8 Å². The minimum absolute atomic E-state index is 0.334. The fraction of sp³-hybridized carbons (Fsp3) is 0.417. The van der Waals surface area contributed by atoms with Crippen LogP contribution in [-0.4, -0.2) is 25.8 Å². The minimum atomic E-state index is -0.404. The third-order valence-corrected chi connectivity index (χ3v) is 3.11. The third-order valence-electron chi connectivity index (χ3n) is 2.38. The number of carbonyl (C=O) groups is 1. The molecule has 17 heavy (non-hydrogen) atoms. The average molecular weight is 301 g/mol. The summed E-state index contributed by atoms with van der Waals surface area (Å²) in [5.74, 6) is -0.334. The lowest BCUT2D eigenvalue weighted by molar-refractivity contribution is -0.0446. The first-order valence-corrected chi connectivity index (χ1v) is 6.21. The number of carbonyl (C=O) groups excluding carboxylic acids is 1. The van der Waals surface area contributed by atoms with Gasteiger partial charge in [0.15, 0.2) is 6.29 Å². The minimum Gasteiger partial charge on any atom is -0.462 e. The highest BCUT2D eigenvalue weighted by molar-refractivity contribution is 9.10. The molecule has 92 valence electrons. The van der Waals surface area contributed by atoms with Crippen molar-refractivity contribution in [1.29, 1.82) is 0 Å². The van der Waals surface area contributed by atoms with Crippen molar-refractivity contribution in [3.8, 4) is 0 Å². The molecule has 1 saturated heterocycles. The molecule has 0 radical (unpaired) electrons. The summed E-state index contributed by atoms with van der Waals surface area (Å²) in [4.78, 5) is 11.6. The van der Waals surface area contributed by atoms with E-state index in [4.69, 9.17) is 14.2 Å². The summed E-state index contributed by atoms with van der Waals surface area (Å²) in [6.07, 6.45) is -0.404. The zero-order valence-corrected chi connectivity index (χ0v) is 11.0. The summed E-state index contributed by atoms with van der Waals surface area (Å²) in [5, 5.41) is 0. The van der Waals surface area contributed by atoms with Crippen LogP contribution >= 0.6 is 15.9 Å². The lowest BCUT2D eigenvalue weighted by atomic mass is 10.1. The number of rotatable bonds is 3. The number of ether oxygens (including phenoxy) is 3. The molecule has 0 atom stereocenters. The van der Waals surface area contributed by atoms with Crippen molar-refractivity contribution in [3.63, 3.8) is 0 Å². The van der Waals surface area contributed by atoms with Crippen LogP contribution in [0.5, 0.6) is 0 Å². The van der Waals surface area contributed by atoms with Crippen molar-refractivity contribution in [2.24, 2.45) is 0 Å². The second-order valence-electron chi connectivity index (χ2n) is 3.53. The monoisotopic (exact) mass is 300 g/mol. The Kier molecular flexibility index (Phi) is 4.15. The first-order valence-electron chi connectivity index (χ1n) is 5.42. The van der Waals surface area contributed by atoms with Gasteiger partial charge < -0.3 is 14.2 Å². The van der Waals surface area contributed by atoms with Crippen LogP contribution in [0.1, 0.15) is 29.1 Å². The predicted octanol–water partition coefficient (Wildman–Crippen LogP) is 2.67. The van der Waals surface area contributed by atoms with Crippen molar-refractivity contribution < 1.29 is 19.0 Å². The van der Waals surface area contributed by atoms with Gasteiger partial charge in [-0.3, -0.25) is 0 Å². The molecule has 1 aromatic carbocycles. The van der Waals surface area contributed by atoms with Gasteiger partial charge in [0, 0.05) is 10.0 Å². The Morgan fingerprint density at radius 2 is 2.18 bits per heavy atom. The van der Waals surface area contributed by atoms with Crippen LogP contribution in [0.25, 0.3) is 0 Å². The number of esters is 1. The maximum Gasteiger partial charge on any atom is 0.338 e. The fourth-order valence-corrected chi connectivity index (χ4v) is 2.04. The summed E-state index contributed by atoms with van der Waals surface area (Å²) in [6.45, 7) is 3.28. The van der Waals surface area contributed by atoms with Crippen LogP contribution in [0.3, 0.4) is 0 Å². The Morgan fingerprint density at radius 1 is 1.47 bits per heavy atom. The van der Waals surface area contributed by atoms with Crippen molar-refractivity contribution in [2.45, 2.75) is 13.2 Å². The van der Waals surface area contributed by atoms with Crippen LogP contribution in [-0.2, 0) is 14.2 Å². The van der Waals surface area contributed by atoms with Crippen molar-refractivity contribution >= 4 is 21.9 Å². The molecule has 4 nitrogen and oxygen atoms in total. The molecular formula is C12H13BrO4. The van der Waals surface area contributed by atoms with Crippen molar-refractivity contribution in [3.05, 3.63) is 33.8 Å². The zero-order chi connectivity index (χ0) is 12.3. The molecule has 0 bridgehead atoms. The summed E-state index contributed by atoms with van der Waals surface area (Å²) < 4.78 is 16.6. The maximum atomic E-state index is 11.6. The standard InChI is InChI=1S/C12H13BrO4/c1-2-15-11(14)8-3-4-10(13)9(7-8)12-16-5-6-17-12/h3-4,7,12H,2,5-6H2,1H3. The largest absolute Gasteiger partial charge is 0.462 e. The average Bonchev–Trinajstić information content (AvgIpc) is 2.83. The van der Waals surface area contributed by atoms with E-state index >= 15 is 0 Å². The second kappa shape index (κ2) is 5.62. The summed E-state index contributed by atoms with van der Waals surface area (Å²) in [5.41, 5.74) is 1.32. The molecule has 0 N–H and O–H groups in total. The molecule has 1 aromatic rings. The predicted molar refractivity (Wildman–Crippen MR) is 64.7 cm³/mol. The number of benzene rings is 1. The molecule has 1 aliphatic heterocycles. The molecule has 1 aliphatic rings. The number of hydrogen-bond donors (Lipinski definition) is 0. The smallest absolute Gasteiger partial charge is 0.338 e. The lowest BCUT2D eigenvalue weighted by Crippen LogP contribution is -2.07. The summed E-state index contributed by atoms with van der Waals surface area (Å²) in [6, 6.07) is 5.24. The molecule has 0 amide bonds. The molecule has 2 rings (SSSR count). The SMILES string of the molecule is CCOC(=O)c1ccc(Br)c(C2OCCO2)c1. The molecule has 1 fully saturated rings. The third kappa shape index (κ3) is 2.86. The van der Waals surface area contributed by atoms with Crippen LogP contribution in [0, 0.1) is 0 Å². The molecular weight excluding hydrogens is 288 g/mol. The first kappa shape index (κ1) is 12.5. The van der Waals surface area contributed by atoms with Crippen molar-refractivity contribution in [1.82, 2.24) is 0 Å². The molecule has 0 aliphatic carbocycles. The normalized spacial score (nSPS) is 16.1. The highest BCUT2D eigenvalue weighted by Crippen LogP contribution is 2.30. The van der Waals surface area contributed by atoms with Gasteiger partial charge >= 0.3 is 5.97 Å². The van der Waals surface area contributed by atoms with E-state index in [1.807, 2.05) is 0 Å². The van der Waals surface area contributed by atoms with E-state index in [0.717, 1.165) is 10.0 Å². The first-order chi connectivity index (χ1) is 8.22. The Bertz CT molecular complexity index is 413. The number of hydrogen-bond acceptors (Lipinski definition) is 4. The van der Waals surface area contributed by atoms with Gasteiger partial charge in [-0.15, -0.1) is 0 Å². The van der Waals surface area contributed by atoms with Gasteiger partial charge in [-0.05, 0) is 25.1 Å². The van der Waals surface area contributed by atoms with Gasteiger partial charge in [-0.2, -0.15) is 0 Å². The van der Waals surface area contributed by atoms with Gasteiger partial charge in [-0.25, -0.2) is 4.79 Å². The van der Waals surface area contributed by atoms with E-state index in [1.165, 1.54) is 0 Å². The molecule has 5 heteroatoms. The Balaban J connectivity index is 2.25. The van der Waals surface area contributed by atoms with E-state index < -0.39 is 6.29 Å². The van der Waals surface area contributed by atoms with Crippen molar-refractivity contribution in [2.75, 3.05) is 19.8 Å². The van der Waals surface area contributed by atoms with Gasteiger partial charge in [0.1, 0.15) is 0 Å². The molecule has 1 heterocycles. The van der Waals surface area contributed by atoms with E-state index in [1.54, 1.807) is 25.1 Å². The quantitative estimate of drug-likeness (QED) is 0.805. The van der Waals surface area contributed by atoms with Gasteiger partial charge in [-0.1, -0.05) is 15.9 Å². The Hall–Kier alpha value is -0.910.